The smallest absolute Gasteiger partial charge is 0.258 e. The zero-order chi connectivity index (χ0) is 16.8. The van der Waals surface area contributed by atoms with Crippen LogP contribution in [0.15, 0.2) is 41.1 Å². The predicted molar refractivity (Wildman–Crippen MR) is 88.9 cm³/mol. The fourth-order valence-corrected chi connectivity index (χ4v) is 2.78. The number of nitrogens with zero attached hydrogens (tertiary/aromatic N) is 6. The van der Waals surface area contributed by atoms with Crippen molar-refractivity contribution in [3.63, 3.8) is 0 Å². The van der Waals surface area contributed by atoms with Crippen molar-refractivity contribution in [2.75, 3.05) is 7.11 Å². The summed E-state index contributed by atoms with van der Waals surface area (Å²) in [6.45, 7) is 0. The molecule has 1 aromatic carbocycles. The molecule has 1 fully saturated rings. The van der Waals surface area contributed by atoms with Crippen molar-refractivity contribution >= 4 is 11.0 Å². The van der Waals surface area contributed by atoms with Crippen molar-refractivity contribution in [1.82, 2.24) is 30.1 Å². The summed E-state index contributed by atoms with van der Waals surface area (Å²) < 4.78 is 12.5. The molecule has 4 aromatic rings. The van der Waals surface area contributed by atoms with Gasteiger partial charge in [0.25, 0.3) is 5.89 Å². The van der Waals surface area contributed by atoms with Crippen molar-refractivity contribution in [2.24, 2.45) is 0 Å². The first-order valence-corrected chi connectivity index (χ1v) is 8.01. The van der Waals surface area contributed by atoms with Crippen LogP contribution in [0.25, 0.3) is 33.9 Å². The van der Waals surface area contributed by atoms with E-state index in [9.17, 15) is 0 Å². The van der Waals surface area contributed by atoms with Gasteiger partial charge >= 0.3 is 0 Å². The zero-order valence-corrected chi connectivity index (χ0v) is 13.5. The lowest BCUT2D eigenvalue weighted by Crippen LogP contribution is -1.95. The number of hydrogen-bond acceptors (Lipinski definition) is 7. The maximum Gasteiger partial charge on any atom is 0.258 e. The molecule has 0 bridgehead atoms. The predicted octanol–water partition coefficient (Wildman–Crippen LogP) is 2.89. The van der Waals surface area contributed by atoms with Gasteiger partial charge in [0.2, 0.25) is 11.7 Å². The number of benzene rings is 1. The minimum Gasteiger partial charge on any atom is -0.481 e. The van der Waals surface area contributed by atoms with E-state index in [1.165, 1.54) is 12.8 Å². The van der Waals surface area contributed by atoms with Gasteiger partial charge in [0, 0.05) is 23.4 Å². The molecule has 3 heterocycles. The van der Waals surface area contributed by atoms with Gasteiger partial charge in [-0.15, -0.1) is 5.10 Å². The van der Waals surface area contributed by atoms with E-state index in [1.807, 2.05) is 28.9 Å². The van der Waals surface area contributed by atoms with Gasteiger partial charge in [-0.2, -0.15) is 4.98 Å². The molecule has 1 saturated carbocycles. The molecule has 0 saturated heterocycles. The van der Waals surface area contributed by atoms with Crippen LogP contribution in [0, 0.1) is 0 Å². The first kappa shape index (κ1) is 14.1. The fraction of sp³-hybridized carbons (Fsp3) is 0.235. The average Bonchev–Trinajstić information content (AvgIpc) is 3.22. The Hall–Kier alpha value is -3.29. The summed E-state index contributed by atoms with van der Waals surface area (Å²) in [6, 6.07) is 9.94. The molecule has 0 atom stereocenters. The van der Waals surface area contributed by atoms with Gasteiger partial charge in [-0.25, -0.2) is 9.67 Å². The van der Waals surface area contributed by atoms with Crippen LogP contribution in [0.2, 0.25) is 0 Å². The van der Waals surface area contributed by atoms with Gasteiger partial charge in [-0.1, -0.05) is 10.4 Å². The van der Waals surface area contributed by atoms with Gasteiger partial charge in [0.1, 0.15) is 5.52 Å². The molecular formula is C17H14N6O2. The Bertz CT molecular complexity index is 1070. The number of hydrogen-bond donors (Lipinski definition) is 0. The van der Waals surface area contributed by atoms with E-state index in [1.54, 1.807) is 19.4 Å². The molecule has 1 aliphatic rings. The Labute approximate surface area is 142 Å². The summed E-state index contributed by atoms with van der Waals surface area (Å²) in [6.07, 6.45) is 3.98. The first-order chi connectivity index (χ1) is 12.3. The van der Waals surface area contributed by atoms with Gasteiger partial charge in [-0.05, 0) is 37.1 Å². The molecular weight excluding hydrogens is 320 g/mol. The number of pyridine rings is 1. The summed E-state index contributed by atoms with van der Waals surface area (Å²) in [5.41, 5.74) is 3.46. The Morgan fingerprint density at radius 1 is 1.16 bits per heavy atom. The van der Waals surface area contributed by atoms with Crippen LogP contribution in [0.5, 0.6) is 5.88 Å². The van der Waals surface area contributed by atoms with Crippen LogP contribution in [0.1, 0.15) is 18.9 Å². The summed E-state index contributed by atoms with van der Waals surface area (Å²) in [4.78, 5) is 8.55. The van der Waals surface area contributed by atoms with Crippen molar-refractivity contribution < 1.29 is 9.26 Å². The van der Waals surface area contributed by atoms with Gasteiger partial charge in [0.05, 0.1) is 18.7 Å². The van der Waals surface area contributed by atoms with E-state index in [2.05, 4.69) is 25.4 Å². The molecule has 0 N–H and O–H groups in total. The summed E-state index contributed by atoms with van der Waals surface area (Å²) in [5.74, 6) is 1.42. The summed E-state index contributed by atoms with van der Waals surface area (Å²) >= 11 is 0. The maximum atomic E-state index is 5.42. The Kier molecular flexibility index (Phi) is 3.03. The number of fused-ring (bicyclic) bond motifs is 1. The molecule has 3 aromatic heterocycles. The monoisotopic (exact) mass is 334 g/mol. The second-order valence-electron chi connectivity index (χ2n) is 5.98. The molecule has 0 aliphatic heterocycles. The van der Waals surface area contributed by atoms with Crippen LogP contribution >= 0.6 is 0 Å². The highest BCUT2D eigenvalue weighted by molar-refractivity contribution is 5.80. The van der Waals surface area contributed by atoms with Crippen molar-refractivity contribution in [3.05, 3.63) is 36.5 Å². The highest BCUT2D eigenvalue weighted by Crippen LogP contribution is 2.36. The molecule has 0 radical (unpaired) electrons. The second kappa shape index (κ2) is 5.37. The van der Waals surface area contributed by atoms with Crippen molar-refractivity contribution in [1.29, 1.82) is 0 Å². The number of ether oxygens (including phenoxy) is 1. The molecule has 5 rings (SSSR count). The molecule has 0 spiro atoms. The molecule has 25 heavy (non-hydrogen) atoms. The molecule has 8 nitrogen and oxygen atoms in total. The Morgan fingerprint density at radius 3 is 2.92 bits per heavy atom. The second-order valence-corrected chi connectivity index (χ2v) is 5.98. The van der Waals surface area contributed by atoms with Crippen molar-refractivity contribution in [3.8, 4) is 28.7 Å². The lowest BCUT2D eigenvalue weighted by molar-refractivity contribution is 0.398. The standard InChI is InChI=1S/C17H14N6O2/c1-24-15-9-10(6-7-18-15)16-19-17(25-21-16)11-2-5-14-13(8-11)20-22-23(14)12-3-4-12/h2,5-9,12H,3-4H2,1H3. The summed E-state index contributed by atoms with van der Waals surface area (Å²) in [7, 11) is 1.57. The van der Waals surface area contributed by atoms with Gasteiger partial charge in [0.15, 0.2) is 0 Å². The maximum absolute atomic E-state index is 5.42. The highest BCUT2D eigenvalue weighted by Gasteiger charge is 2.26. The SMILES string of the molecule is COc1cc(-c2noc(-c3ccc4c(c3)nnn4C3CC3)n2)ccn1. The lowest BCUT2D eigenvalue weighted by Gasteiger charge is -1.99. The highest BCUT2D eigenvalue weighted by atomic mass is 16.5. The zero-order valence-electron chi connectivity index (χ0n) is 13.5. The van der Waals surface area contributed by atoms with E-state index in [-0.39, 0.29) is 0 Å². The topological polar surface area (TPSA) is 91.8 Å². The van der Waals surface area contributed by atoms with E-state index in [4.69, 9.17) is 9.26 Å². The number of rotatable bonds is 4. The fourth-order valence-electron chi connectivity index (χ4n) is 2.78. The normalized spacial score (nSPS) is 14.1. The third-order valence-corrected chi connectivity index (χ3v) is 4.24. The summed E-state index contributed by atoms with van der Waals surface area (Å²) in [5, 5.41) is 12.5. The molecule has 0 unspecified atom stereocenters. The minimum absolute atomic E-state index is 0.439. The van der Waals surface area contributed by atoms with E-state index in [0.717, 1.165) is 22.2 Å². The molecule has 124 valence electrons. The lowest BCUT2D eigenvalue weighted by atomic mass is 10.2. The number of aromatic nitrogens is 6. The molecule has 1 aliphatic carbocycles. The third-order valence-electron chi connectivity index (χ3n) is 4.24. The van der Waals surface area contributed by atoms with E-state index >= 15 is 0 Å². The minimum atomic E-state index is 0.439. The van der Waals surface area contributed by atoms with Crippen LogP contribution in [0.4, 0.5) is 0 Å². The van der Waals surface area contributed by atoms with Gasteiger partial charge < -0.3 is 9.26 Å². The quantitative estimate of drug-likeness (QED) is 0.566. The van der Waals surface area contributed by atoms with Crippen LogP contribution in [0.3, 0.4) is 0 Å². The largest absolute Gasteiger partial charge is 0.481 e. The Morgan fingerprint density at radius 2 is 2.08 bits per heavy atom. The molecule has 0 amide bonds. The van der Waals surface area contributed by atoms with E-state index in [0.29, 0.717) is 23.6 Å². The van der Waals surface area contributed by atoms with E-state index < -0.39 is 0 Å². The first-order valence-electron chi connectivity index (χ1n) is 8.01. The molecule has 8 heteroatoms. The van der Waals surface area contributed by atoms with Crippen LogP contribution in [-0.2, 0) is 0 Å². The third kappa shape index (κ3) is 2.42. The van der Waals surface area contributed by atoms with Crippen LogP contribution < -0.4 is 4.74 Å². The Balaban J connectivity index is 1.51. The van der Waals surface area contributed by atoms with Crippen LogP contribution in [-0.4, -0.2) is 37.2 Å². The average molecular weight is 334 g/mol. The van der Waals surface area contributed by atoms with Gasteiger partial charge in [-0.3, -0.25) is 0 Å². The number of methoxy groups -OCH3 is 1. The van der Waals surface area contributed by atoms with Crippen molar-refractivity contribution in [2.45, 2.75) is 18.9 Å².